The molecule has 0 aliphatic carbocycles. The van der Waals surface area contributed by atoms with Crippen LogP contribution in [-0.2, 0) is 10.1 Å². The molecule has 5 heteroatoms. The summed E-state index contributed by atoms with van der Waals surface area (Å²) in [5.74, 6) is -0.0807. The Morgan fingerprint density at radius 2 is 0.643 bits per heavy atom. The van der Waals surface area contributed by atoms with Crippen molar-refractivity contribution in [2.45, 2.75) is 135 Å². The number of rotatable bonds is 23. The first kappa shape index (κ1) is 27.9. The van der Waals surface area contributed by atoms with Crippen LogP contribution in [0.4, 0.5) is 0 Å². The molecule has 0 amide bonds. The fraction of sp³-hybridized carbons (Fsp3) is 1.00. The van der Waals surface area contributed by atoms with Crippen molar-refractivity contribution in [1.29, 1.82) is 0 Å². The van der Waals surface area contributed by atoms with Gasteiger partial charge in [0.25, 0.3) is 10.1 Å². The van der Waals surface area contributed by atoms with E-state index >= 15 is 0 Å². The molecule has 4 nitrogen and oxygen atoms in total. The Hall–Kier alpha value is -0.130. The van der Waals surface area contributed by atoms with Crippen molar-refractivity contribution >= 4 is 10.1 Å². The van der Waals surface area contributed by atoms with Crippen LogP contribution in [0.3, 0.4) is 0 Å². The molecule has 0 fully saturated rings. The summed E-state index contributed by atoms with van der Waals surface area (Å²) in [7, 11) is -3.75. The maximum absolute atomic E-state index is 10.6. The Morgan fingerprint density at radius 3 is 0.857 bits per heavy atom. The Labute approximate surface area is 176 Å². The highest BCUT2D eigenvalue weighted by Gasteiger charge is 2.02. The molecular weight excluding hydrogens is 370 g/mol. The quantitative estimate of drug-likeness (QED) is 0.138. The van der Waals surface area contributed by atoms with Gasteiger partial charge in [0, 0.05) is 0 Å². The van der Waals surface area contributed by atoms with Gasteiger partial charge in [0.1, 0.15) is 0 Å². The highest BCUT2D eigenvalue weighted by molar-refractivity contribution is 7.85. The van der Waals surface area contributed by atoms with E-state index in [4.69, 9.17) is 10.3 Å². The number of nitrogens with two attached hydrogens (primary N) is 1. The van der Waals surface area contributed by atoms with Gasteiger partial charge < -0.3 is 5.73 Å². The Morgan fingerprint density at radius 1 is 0.429 bits per heavy atom. The number of hydrogen-bond donors (Lipinski definition) is 2. The predicted molar refractivity (Wildman–Crippen MR) is 122 cm³/mol. The van der Waals surface area contributed by atoms with Gasteiger partial charge in [-0.1, -0.05) is 122 Å². The van der Waals surface area contributed by atoms with Gasteiger partial charge in [-0.3, -0.25) is 4.55 Å². The maximum atomic E-state index is 10.6. The van der Waals surface area contributed by atoms with Crippen LogP contribution in [0.5, 0.6) is 0 Å². The molecule has 0 aliphatic rings. The summed E-state index contributed by atoms with van der Waals surface area (Å²) in [6, 6.07) is 0. The molecule has 0 unspecified atom stereocenters. The first-order valence-corrected chi connectivity index (χ1v) is 13.8. The van der Waals surface area contributed by atoms with Crippen LogP contribution in [-0.4, -0.2) is 25.3 Å². The van der Waals surface area contributed by atoms with Gasteiger partial charge in [-0.15, -0.1) is 0 Å². The van der Waals surface area contributed by atoms with Crippen LogP contribution in [0.1, 0.15) is 135 Å². The molecular formula is C23H49NO3S. The van der Waals surface area contributed by atoms with Gasteiger partial charge in [-0.05, 0) is 19.4 Å². The van der Waals surface area contributed by atoms with E-state index in [2.05, 4.69) is 0 Å². The molecule has 0 aliphatic heterocycles. The monoisotopic (exact) mass is 419 g/mol. The second kappa shape index (κ2) is 21.6. The molecule has 3 N–H and O–H groups in total. The van der Waals surface area contributed by atoms with Crippen molar-refractivity contribution in [2.75, 3.05) is 12.3 Å². The fourth-order valence-electron chi connectivity index (χ4n) is 3.79. The minimum atomic E-state index is -3.75. The molecule has 0 saturated heterocycles. The van der Waals surface area contributed by atoms with E-state index < -0.39 is 10.1 Å². The van der Waals surface area contributed by atoms with Crippen molar-refractivity contribution in [1.82, 2.24) is 0 Å². The summed E-state index contributed by atoms with van der Waals surface area (Å²) < 4.78 is 29.8. The van der Waals surface area contributed by atoms with Crippen molar-refractivity contribution in [3.8, 4) is 0 Å². The van der Waals surface area contributed by atoms with E-state index in [0.717, 1.165) is 19.4 Å². The molecule has 0 aromatic carbocycles. The van der Waals surface area contributed by atoms with Gasteiger partial charge in [0.15, 0.2) is 0 Å². The van der Waals surface area contributed by atoms with Crippen LogP contribution in [0.2, 0.25) is 0 Å². The van der Waals surface area contributed by atoms with Gasteiger partial charge in [-0.25, -0.2) is 0 Å². The second-order valence-corrected chi connectivity index (χ2v) is 10.1. The summed E-state index contributed by atoms with van der Waals surface area (Å²) in [5, 5.41) is 0. The summed E-state index contributed by atoms with van der Waals surface area (Å²) in [6.07, 6.45) is 27.1. The minimum absolute atomic E-state index is 0.0807. The van der Waals surface area contributed by atoms with Gasteiger partial charge in [-0.2, -0.15) is 8.42 Å². The maximum Gasteiger partial charge on any atom is 0.264 e. The van der Waals surface area contributed by atoms with E-state index in [1.54, 1.807) is 0 Å². The van der Waals surface area contributed by atoms with E-state index in [1.807, 2.05) is 0 Å². The first-order chi connectivity index (χ1) is 13.6. The van der Waals surface area contributed by atoms with Gasteiger partial charge >= 0.3 is 0 Å². The summed E-state index contributed by atoms with van der Waals surface area (Å²) in [6.45, 7) is 0.851. The zero-order valence-electron chi connectivity index (χ0n) is 18.5. The molecule has 0 aromatic heterocycles. The highest BCUT2D eigenvalue weighted by Crippen LogP contribution is 2.15. The normalized spacial score (nSPS) is 11.9. The van der Waals surface area contributed by atoms with E-state index in [1.165, 1.54) is 116 Å². The van der Waals surface area contributed by atoms with E-state index in [9.17, 15) is 8.42 Å². The zero-order chi connectivity index (χ0) is 20.8. The average molecular weight is 420 g/mol. The highest BCUT2D eigenvalue weighted by atomic mass is 32.2. The van der Waals surface area contributed by atoms with Gasteiger partial charge in [0.2, 0.25) is 0 Å². The molecule has 0 atom stereocenters. The van der Waals surface area contributed by atoms with Crippen LogP contribution in [0.25, 0.3) is 0 Å². The standard InChI is InChI=1S/C23H49NO3S/c24-22-20-18-16-14-12-10-8-6-4-2-1-3-5-7-9-11-13-15-17-19-21-23-28(25,26)27/h1-24H2,(H,25,26,27). The van der Waals surface area contributed by atoms with Crippen LogP contribution < -0.4 is 5.73 Å². The molecule has 0 radical (unpaired) electrons. The van der Waals surface area contributed by atoms with Crippen LogP contribution in [0.15, 0.2) is 0 Å². The summed E-state index contributed by atoms with van der Waals surface area (Å²) in [5.41, 5.74) is 5.50. The van der Waals surface area contributed by atoms with Crippen molar-refractivity contribution in [3.05, 3.63) is 0 Å². The summed E-state index contributed by atoms with van der Waals surface area (Å²) in [4.78, 5) is 0. The lowest BCUT2D eigenvalue weighted by Crippen LogP contribution is -2.03. The lowest BCUT2D eigenvalue weighted by molar-refractivity contribution is 0.478. The third kappa shape index (κ3) is 25.9. The minimum Gasteiger partial charge on any atom is -0.330 e. The van der Waals surface area contributed by atoms with Crippen molar-refractivity contribution in [3.63, 3.8) is 0 Å². The third-order valence-electron chi connectivity index (χ3n) is 5.61. The Kier molecular flexibility index (Phi) is 21.5. The molecule has 0 heterocycles. The topological polar surface area (TPSA) is 80.4 Å². The Balaban J connectivity index is 3.03. The molecule has 0 spiro atoms. The van der Waals surface area contributed by atoms with Crippen LogP contribution in [0, 0.1) is 0 Å². The first-order valence-electron chi connectivity index (χ1n) is 12.2. The molecule has 0 aromatic rings. The van der Waals surface area contributed by atoms with E-state index in [0.29, 0.717) is 6.42 Å². The van der Waals surface area contributed by atoms with E-state index in [-0.39, 0.29) is 5.75 Å². The van der Waals surface area contributed by atoms with Crippen molar-refractivity contribution < 1.29 is 13.0 Å². The summed E-state index contributed by atoms with van der Waals surface area (Å²) >= 11 is 0. The number of hydrogen-bond acceptors (Lipinski definition) is 3. The average Bonchev–Trinajstić information content (AvgIpc) is 2.65. The van der Waals surface area contributed by atoms with Crippen LogP contribution >= 0.6 is 0 Å². The molecule has 0 saturated carbocycles. The van der Waals surface area contributed by atoms with Crippen molar-refractivity contribution in [2.24, 2.45) is 5.73 Å². The predicted octanol–water partition coefficient (Wildman–Crippen LogP) is 7.03. The molecule has 170 valence electrons. The molecule has 0 rings (SSSR count). The Bertz CT molecular complexity index is 399. The molecule has 28 heavy (non-hydrogen) atoms. The smallest absolute Gasteiger partial charge is 0.264 e. The lowest BCUT2D eigenvalue weighted by atomic mass is 10.0. The lowest BCUT2D eigenvalue weighted by Gasteiger charge is -2.04. The zero-order valence-corrected chi connectivity index (χ0v) is 19.3. The molecule has 0 bridgehead atoms. The number of unbranched alkanes of at least 4 members (excludes halogenated alkanes) is 20. The SMILES string of the molecule is NCCCCCCCCCCCCCCCCCCCCCCCS(=O)(=O)O. The second-order valence-electron chi connectivity index (χ2n) is 8.50. The largest absolute Gasteiger partial charge is 0.330 e. The van der Waals surface area contributed by atoms with Gasteiger partial charge in [0.05, 0.1) is 5.75 Å². The third-order valence-corrected chi connectivity index (χ3v) is 6.41. The fourth-order valence-corrected chi connectivity index (χ4v) is 4.36.